The summed E-state index contributed by atoms with van der Waals surface area (Å²) in [6.45, 7) is 6.50. The van der Waals surface area contributed by atoms with Crippen LogP contribution in [0.4, 0.5) is 0 Å². The Bertz CT molecular complexity index is 811. The molecule has 1 aliphatic rings. The summed E-state index contributed by atoms with van der Waals surface area (Å²) in [5.74, 6) is 1.34. The number of hydrogen-bond acceptors (Lipinski definition) is 3. The Labute approximate surface area is 148 Å². The van der Waals surface area contributed by atoms with Gasteiger partial charge in [-0.25, -0.2) is 0 Å². The van der Waals surface area contributed by atoms with E-state index in [1.165, 1.54) is 11.1 Å². The molecule has 0 radical (unpaired) electrons. The summed E-state index contributed by atoms with van der Waals surface area (Å²) < 4.78 is 10.6. The topological polar surface area (TPSA) is 47.6 Å². The second-order valence-corrected chi connectivity index (χ2v) is 6.26. The number of rotatable bonds is 5. The average Bonchev–Trinajstić information content (AvgIpc) is 3.08. The Morgan fingerprint density at radius 1 is 1.12 bits per heavy atom. The van der Waals surface area contributed by atoms with Gasteiger partial charge in [0.15, 0.2) is 11.5 Å². The molecule has 0 unspecified atom stereocenters. The van der Waals surface area contributed by atoms with Crippen molar-refractivity contribution in [2.24, 2.45) is 0 Å². The van der Waals surface area contributed by atoms with Gasteiger partial charge in [-0.1, -0.05) is 31.2 Å². The number of aryl methyl sites for hydroxylation is 2. The molecule has 0 fully saturated rings. The van der Waals surface area contributed by atoms with E-state index in [1.54, 1.807) is 12.2 Å². The molecule has 1 atom stereocenters. The molecule has 1 amide bonds. The summed E-state index contributed by atoms with van der Waals surface area (Å²) in [4.78, 5) is 12.3. The first-order valence-corrected chi connectivity index (χ1v) is 8.52. The summed E-state index contributed by atoms with van der Waals surface area (Å²) in [6, 6.07) is 12.0. The van der Waals surface area contributed by atoms with Crippen molar-refractivity contribution in [3.63, 3.8) is 0 Å². The number of fused-ring (bicyclic) bond motifs is 1. The predicted molar refractivity (Wildman–Crippen MR) is 98.7 cm³/mol. The summed E-state index contributed by atoms with van der Waals surface area (Å²) in [7, 11) is 0. The molecule has 0 saturated carbocycles. The second-order valence-electron chi connectivity index (χ2n) is 6.26. The summed E-state index contributed by atoms with van der Waals surface area (Å²) in [5.41, 5.74) is 4.53. The minimum Gasteiger partial charge on any atom is -0.454 e. The number of hydrogen-bond donors (Lipinski definition) is 1. The van der Waals surface area contributed by atoms with Crippen molar-refractivity contribution in [3.8, 4) is 11.5 Å². The molecule has 25 heavy (non-hydrogen) atoms. The van der Waals surface area contributed by atoms with Gasteiger partial charge < -0.3 is 14.8 Å². The number of ether oxygens (including phenoxy) is 2. The van der Waals surface area contributed by atoms with Crippen molar-refractivity contribution >= 4 is 12.0 Å². The van der Waals surface area contributed by atoms with Crippen molar-refractivity contribution in [2.75, 3.05) is 6.79 Å². The molecule has 0 saturated heterocycles. The molecule has 130 valence electrons. The van der Waals surface area contributed by atoms with E-state index < -0.39 is 0 Å². The highest BCUT2D eigenvalue weighted by molar-refractivity contribution is 5.92. The molecule has 2 aromatic carbocycles. The van der Waals surface area contributed by atoms with Crippen LogP contribution in [0, 0.1) is 13.8 Å². The van der Waals surface area contributed by atoms with Crippen LogP contribution in [-0.2, 0) is 4.79 Å². The summed E-state index contributed by atoms with van der Waals surface area (Å²) in [5, 5.41) is 3.07. The third kappa shape index (κ3) is 4.02. The Kier molecular flexibility index (Phi) is 5.08. The molecule has 4 heteroatoms. The zero-order valence-corrected chi connectivity index (χ0v) is 14.8. The summed E-state index contributed by atoms with van der Waals surface area (Å²) >= 11 is 0. The molecule has 1 aliphatic heterocycles. The van der Waals surface area contributed by atoms with Crippen LogP contribution in [0.25, 0.3) is 6.08 Å². The van der Waals surface area contributed by atoms with Gasteiger partial charge in [-0.05, 0) is 60.7 Å². The maximum atomic E-state index is 12.3. The highest BCUT2D eigenvalue weighted by Crippen LogP contribution is 2.32. The van der Waals surface area contributed by atoms with Gasteiger partial charge in [0.1, 0.15) is 0 Å². The maximum absolute atomic E-state index is 12.3. The third-order valence-corrected chi connectivity index (χ3v) is 4.48. The van der Waals surface area contributed by atoms with E-state index in [0.717, 1.165) is 23.3 Å². The van der Waals surface area contributed by atoms with Crippen LogP contribution in [0.2, 0.25) is 0 Å². The third-order valence-electron chi connectivity index (χ3n) is 4.48. The van der Waals surface area contributed by atoms with E-state index in [4.69, 9.17) is 9.47 Å². The fourth-order valence-electron chi connectivity index (χ4n) is 2.81. The molecule has 1 N–H and O–H groups in total. The predicted octanol–water partition coefficient (Wildman–Crippen LogP) is 4.31. The lowest BCUT2D eigenvalue weighted by Gasteiger charge is -2.17. The highest BCUT2D eigenvalue weighted by Gasteiger charge is 2.13. The first-order chi connectivity index (χ1) is 12.1. The van der Waals surface area contributed by atoms with E-state index in [1.807, 2.05) is 18.2 Å². The molecule has 0 aromatic heterocycles. The van der Waals surface area contributed by atoms with E-state index in [-0.39, 0.29) is 18.7 Å². The zero-order valence-electron chi connectivity index (χ0n) is 14.8. The van der Waals surface area contributed by atoms with Gasteiger partial charge in [-0.3, -0.25) is 4.79 Å². The lowest BCUT2D eigenvalue weighted by molar-refractivity contribution is -0.117. The van der Waals surface area contributed by atoms with Crippen LogP contribution in [-0.4, -0.2) is 12.7 Å². The van der Waals surface area contributed by atoms with Crippen LogP contribution >= 0.6 is 0 Å². The SMILES string of the molecule is CC[C@H](NC(=O)/C=C/c1ccc2c(c1)OCO2)c1ccc(C)c(C)c1. The Morgan fingerprint density at radius 3 is 2.68 bits per heavy atom. The lowest BCUT2D eigenvalue weighted by atomic mass is 9.99. The molecule has 0 bridgehead atoms. The molecule has 2 aromatic rings. The quantitative estimate of drug-likeness (QED) is 0.827. The number of amides is 1. The van der Waals surface area contributed by atoms with Crippen LogP contribution in [0.15, 0.2) is 42.5 Å². The number of carbonyl (C=O) groups is 1. The minimum atomic E-state index is -0.109. The van der Waals surface area contributed by atoms with Gasteiger partial charge in [0.05, 0.1) is 6.04 Å². The Balaban J connectivity index is 1.66. The van der Waals surface area contributed by atoms with Gasteiger partial charge in [-0.15, -0.1) is 0 Å². The van der Waals surface area contributed by atoms with Gasteiger partial charge in [0.2, 0.25) is 12.7 Å². The van der Waals surface area contributed by atoms with E-state index in [0.29, 0.717) is 5.75 Å². The van der Waals surface area contributed by atoms with E-state index >= 15 is 0 Å². The Hall–Kier alpha value is -2.75. The monoisotopic (exact) mass is 337 g/mol. The fourth-order valence-corrected chi connectivity index (χ4v) is 2.81. The van der Waals surface area contributed by atoms with Crippen molar-refractivity contribution in [1.82, 2.24) is 5.32 Å². The smallest absolute Gasteiger partial charge is 0.244 e. The zero-order chi connectivity index (χ0) is 17.8. The average molecular weight is 337 g/mol. The van der Waals surface area contributed by atoms with Crippen molar-refractivity contribution in [1.29, 1.82) is 0 Å². The number of nitrogens with one attached hydrogen (secondary N) is 1. The summed E-state index contributed by atoms with van der Waals surface area (Å²) in [6.07, 6.45) is 4.18. The molecular weight excluding hydrogens is 314 g/mol. The molecule has 1 heterocycles. The number of benzene rings is 2. The Morgan fingerprint density at radius 2 is 1.92 bits per heavy atom. The highest BCUT2D eigenvalue weighted by atomic mass is 16.7. The van der Waals surface area contributed by atoms with Crippen molar-refractivity contribution in [3.05, 3.63) is 64.7 Å². The molecular formula is C21H23NO3. The number of carbonyl (C=O) groups excluding carboxylic acids is 1. The van der Waals surface area contributed by atoms with Crippen LogP contribution in [0.5, 0.6) is 11.5 Å². The van der Waals surface area contributed by atoms with Crippen molar-refractivity contribution in [2.45, 2.75) is 33.2 Å². The molecule has 4 nitrogen and oxygen atoms in total. The van der Waals surface area contributed by atoms with Gasteiger partial charge in [0, 0.05) is 6.08 Å². The molecule has 0 spiro atoms. The van der Waals surface area contributed by atoms with E-state index in [9.17, 15) is 4.79 Å². The van der Waals surface area contributed by atoms with Crippen LogP contribution in [0.3, 0.4) is 0 Å². The van der Waals surface area contributed by atoms with Gasteiger partial charge in [-0.2, -0.15) is 0 Å². The lowest BCUT2D eigenvalue weighted by Crippen LogP contribution is -2.26. The van der Waals surface area contributed by atoms with E-state index in [2.05, 4.69) is 44.3 Å². The standard InChI is InChI=1S/C21H23NO3/c1-4-18(17-8-5-14(2)15(3)11-17)22-21(23)10-7-16-6-9-19-20(12-16)25-13-24-19/h5-12,18H,4,13H2,1-3H3,(H,22,23)/b10-7+/t18-/m0/s1. The first kappa shape index (κ1) is 17.1. The first-order valence-electron chi connectivity index (χ1n) is 8.52. The molecule has 0 aliphatic carbocycles. The van der Waals surface area contributed by atoms with Crippen LogP contribution < -0.4 is 14.8 Å². The van der Waals surface area contributed by atoms with Gasteiger partial charge >= 0.3 is 0 Å². The maximum Gasteiger partial charge on any atom is 0.244 e. The van der Waals surface area contributed by atoms with Crippen LogP contribution in [0.1, 0.15) is 41.6 Å². The minimum absolute atomic E-state index is 0.00760. The second kappa shape index (κ2) is 7.43. The normalized spacial score (nSPS) is 13.9. The van der Waals surface area contributed by atoms with Crippen molar-refractivity contribution < 1.29 is 14.3 Å². The van der Waals surface area contributed by atoms with Gasteiger partial charge in [0.25, 0.3) is 0 Å². The fraction of sp³-hybridized carbons (Fsp3) is 0.286. The largest absolute Gasteiger partial charge is 0.454 e. The molecule has 3 rings (SSSR count).